The van der Waals surface area contributed by atoms with Crippen LogP contribution in [0.25, 0.3) is 0 Å². The molecule has 1 unspecified atom stereocenters. The zero-order valence-corrected chi connectivity index (χ0v) is 11.4. The van der Waals surface area contributed by atoms with Crippen LogP contribution in [0.2, 0.25) is 0 Å². The van der Waals surface area contributed by atoms with E-state index in [1.54, 1.807) is 0 Å². The highest BCUT2D eigenvalue weighted by Gasteiger charge is 2.17. The van der Waals surface area contributed by atoms with Gasteiger partial charge in [-0.2, -0.15) is 5.26 Å². The van der Waals surface area contributed by atoms with Crippen LogP contribution in [0.15, 0.2) is 48.8 Å². The molecule has 1 heterocycles. The summed E-state index contributed by atoms with van der Waals surface area (Å²) in [7, 11) is 1.93. The Balaban J connectivity index is 1.91. The van der Waals surface area contributed by atoms with Gasteiger partial charge >= 0.3 is 0 Å². The van der Waals surface area contributed by atoms with Crippen LogP contribution in [-0.4, -0.2) is 10.5 Å². The number of aromatic nitrogens is 1. The highest BCUT2D eigenvalue weighted by Crippen LogP contribution is 2.09. The first kappa shape index (κ1) is 13.9. The first-order valence-corrected chi connectivity index (χ1v) is 6.51. The zero-order valence-electron chi connectivity index (χ0n) is 11.4. The first-order chi connectivity index (χ1) is 9.69. The lowest BCUT2D eigenvalue weighted by Crippen LogP contribution is -2.30. The maximum Gasteiger partial charge on any atom is 0.237 e. The summed E-state index contributed by atoms with van der Waals surface area (Å²) >= 11 is 0. The molecule has 2 aromatic rings. The van der Waals surface area contributed by atoms with E-state index in [2.05, 4.69) is 11.4 Å². The van der Waals surface area contributed by atoms with Crippen LogP contribution in [0, 0.1) is 17.2 Å². The van der Waals surface area contributed by atoms with Crippen molar-refractivity contribution in [2.75, 3.05) is 0 Å². The van der Waals surface area contributed by atoms with Crippen LogP contribution in [0.4, 0.5) is 0 Å². The van der Waals surface area contributed by atoms with Gasteiger partial charge in [0, 0.05) is 26.0 Å². The van der Waals surface area contributed by atoms with E-state index in [1.165, 1.54) is 0 Å². The molecule has 0 bridgehead atoms. The van der Waals surface area contributed by atoms with E-state index in [4.69, 9.17) is 5.26 Å². The summed E-state index contributed by atoms with van der Waals surface area (Å²) in [4.78, 5) is 12.0. The third-order valence-corrected chi connectivity index (χ3v) is 3.11. The highest BCUT2D eigenvalue weighted by atomic mass is 16.1. The monoisotopic (exact) mass is 267 g/mol. The Morgan fingerprint density at radius 1 is 1.30 bits per heavy atom. The van der Waals surface area contributed by atoms with Crippen LogP contribution in [-0.2, 0) is 24.8 Å². The van der Waals surface area contributed by atoms with Crippen molar-refractivity contribution in [3.8, 4) is 6.07 Å². The third-order valence-electron chi connectivity index (χ3n) is 3.11. The molecule has 0 fully saturated rings. The van der Waals surface area contributed by atoms with Crippen LogP contribution < -0.4 is 5.32 Å². The molecule has 1 atom stereocenters. The minimum atomic E-state index is -0.652. The Hall–Kier alpha value is -2.54. The Morgan fingerprint density at radius 3 is 2.65 bits per heavy atom. The third kappa shape index (κ3) is 3.72. The van der Waals surface area contributed by atoms with Crippen LogP contribution in [0.1, 0.15) is 11.1 Å². The lowest BCUT2D eigenvalue weighted by molar-refractivity contribution is -0.123. The summed E-state index contributed by atoms with van der Waals surface area (Å²) in [5, 5.41) is 12.0. The molecular formula is C16H17N3O. The molecular weight excluding hydrogens is 250 g/mol. The number of carbonyl (C=O) groups is 1. The van der Waals surface area contributed by atoms with E-state index in [0.717, 1.165) is 11.1 Å². The fourth-order valence-electron chi connectivity index (χ4n) is 2.02. The molecule has 0 radical (unpaired) electrons. The molecule has 4 heteroatoms. The molecule has 1 amide bonds. The van der Waals surface area contributed by atoms with Gasteiger partial charge < -0.3 is 9.88 Å². The molecule has 1 aromatic carbocycles. The average Bonchev–Trinajstić information content (AvgIpc) is 2.89. The Labute approximate surface area is 118 Å². The zero-order chi connectivity index (χ0) is 14.4. The fourth-order valence-corrected chi connectivity index (χ4v) is 2.02. The number of nitrogens with one attached hydrogen (secondary N) is 1. The van der Waals surface area contributed by atoms with Crippen molar-refractivity contribution in [3.05, 3.63) is 59.9 Å². The Morgan fingerprint density at radius 2 is 2.05 bits per heavy atom. The minimum absolute atomic E-state index is 0.222. The SMILES string of the molecule is Cn1ccc(CNC(=O)C(C#N)Cc2ccccc2)c1. The van der Waals surface area contributed by atoms with Gasteiger partial charge in [0.15, 0.2) is 0 Å². The van der Waals surface area contributed by atoms with E-state index >= 15 is 0 Å². The van der Waals surface area contributed by atoms with Crippen molar-refractivity contribution in [1.29, 1.82) is 5.26 Å². The van der Waals surface area contributed by atoms with Crippen LogP contribution in [0.5, 0.6) is 0 Å². The molecule has 0 aliphatic heterocycles. The summed E-state index contributed by atoms with van der Waals surface area (Å²) in [5.74, 6) is -0.874. The number of nitrogens with zero attached hydrogens (tertiary/aromatic N) is 2. The van der Waals surface area contributed by atoms with Gasteiger partial charge in [-0.05, 0) is 23.6 Å². The molecule has 0 saturated heterocycles. The maximum absolute atomic E-state index is 12.0. The summed E-state index contributed by atoms with van der Waals surface area (Å²) in [6.07, 6.45) is 4.31. The Bertz CT molecular complexity index is 610. The summed E-state index contributed by atoms with van der Waals surface area (Å²) in [6, 6.07) is 13.6. The fraction of sp³-hybridized carbons (Fsp3) is 0.250. The second kappa shape index (κ2) is 6.58. The highest BCUT2D eigenvalue weighted by molar-refractivity contribution is 5.81. The molecule has 0 aliphatic carbocycles. The molecule has 4 nitrogen and oxygen atoms in total. The van der Waals surface area contributed by atoms with Gasteiger partial charge in [0.25, 0.3) is 0 Å². The molecule has 0 saturated carbocycles. The van der Waals surface area contributed by atoms with E-state index in [-0.39, 0.29) is 5.91 Å². The predicted molar refractivity (Wildman–Crippen MR) is 76.5 cm³/mol. The van der Waals surface area contributed by atoms with Crippen molar-refractivity contribution in [2.45, 2.75) is 13.0 Å². The smallest absolute Gasteiger partial charge is 0.237 e. The molecule has 2 rings (SSSR count). The van der Waals surface area contributed by atoms with E-state index < -0.39 is 5.92 Å². The second-order valence-electron chi connectivity index (χ2n) is 4.77. The topological polar surface area (TPSA) is 57.8 Å². The molecule has 102 valence electrons. The Kier molecular flexibility index (Phi) is 4.56. The van der Waals surface area contributed by atoms with E-state index in [0.29, 0.717) is 13.0 Å². The largest absolute Gasteiger partial charge is 0.357 e. The van der Waals surface area contributed by atoms with Gasteiger partial charge in [-0.25, -0.2) is 0 Å². The first-order valence-electron chi connectivity index (χ1n) is 6.51. The lowest BCUT2D eigenvalue weighted by Gasteiger charge is -2.09. The van der Waals surface area contributed by atoms with Crippen LogP contribution in [0.3, 0.4) is 0 Å². The number of nitriles is 1. The van der Waals surface area contributed by atoms with Crippen molar-refractivity contribution < 1.29 is 4.79 Å². The predicted octanol–water partition coefficient (Wildman–Crippen LogP) is 2.02. The number of carbonyl (C=O) groups excluding carboxylic acids is 1. The van der Waals surface area contributed by atoms with E-state index in [1.807, 2.05) is 60.4 Å². The second-order valence-corrected chi connectivity index (χ2v) is 4.77. The number of hydrogen-bond acceptors (Lipinski definition) is 2. The van der Waals surface area contributed by atoms with Crippen molar-refractivity contribution in [3.63, 3.8) is 0 Å². The van der Waals surface area contributed by atoms with Crippen molar-refractivity contribution in [1.82, 2.24) is 9.88 Å². The summed E-state index contributed by atoms with van der Waals surface area (Å²) in [5.41, 5.74) is 2.02. The van der Waals surface area contributed by atoms with Crippen LogP contribution >= 0.6 is 0 Å². The van der Waals surface area contributed by atoms with Gasteiger partial charge in [-0.3, -0.25) is 4.79 Å². The van der Waals surface area contributed by atoms with Crippen molar-refractivity contribution >= 4 is 5.91 Å². The summed E-state index contributed by atoms with van der Waals surface area (Å²) in [6.45, 7) is 0.451. The number of rotatable bonds is 5. The van der Waals surface area contributed by atoms with E-state index in [9.17, 15) is 4.79 Å². The summed E-state index contributed by atoms with van der Waals surface area (Å²) < 4.78 is 1.92. The van der Waals surface area contributed by atoms with Gasteiger partial charge in [-0.15, -0.1) is 0 Å². The average molecular weight is 267 g/mol. The molecule has 20 heavy (non-hydrogen) atoms. The molecule has 1 aromatic heterocycles. The van der Waals surface area contributed by atoms with Crippen molar-refractivity contribution in [2.24, 2.45) is 13.0 Å². The molecule has 0 aliphatic rings. The quantitative estimate of drug-likeness (QED) is 0.901. The van der Waals surface area contributed by atoms with Gasteiger partial charge in [0.05, 0.1) is 6.07 Å². The normalized spacial score (nSPS) is 11.6. The van der Waals surface area contributed by atoms with Gasteiger partial charge in [0.1, 0.15) is 5.92 Å². The number of hydrogen-bond donors (Lipinski definition) is 1. The number of amides is 1. The van der Waals surface area contributed by atoms with Gasteiger partial charge in [0.2, 0.25) is 5.91 Å². The molecule has 0 spiro atoms. The number of benzene rings is 1. The maximum atomic E-state index is 12.0. The van der Waals surface area contributed by atoms with Gasteiger partial charge in [-0.1, -0.05) is 30.3 Å². The standard InChI is InChI=1S/C16H17N3O/c1-19-8-7-14(12-19)11-18-16(20)15(10-17)9-13-5-3-2-4-6-13/h2-8,12,15H,9,11H2,1H3,(H,18,20). The minimum Gasteiger partial charge on any atom is -0.357 e. The number of aryl methyl sites for hydroxylation is 1. The lowest BCUT2D eigenvalue weighted by atomic mass is 10.00. The molecule has 1 N–H and O–H groups in total.